The molecule has 0 aliphatic rings. The predicted octanol–water partition coefficient (Wildman–Crippen LogP) is 2.12. The number of carboxylic acids is 1. The van der Waals surface area contributed by atoms with Gasteiger partial charge >= 0.3 is 23.0 Å². The third-order valence-corrected chi connectivity index (χ3v) is 2.20. The molecule has 0 unspecified atom stereocenters. The summed E-state index contributed by atoms with van der Waals surface area (Å²) in [6.45, 7) is 0. The summed E-state index contributed by atoms with van der Waals surface area (Å²) < 4.78 is 0. The van der Waals surface area contributed by atoms with Gasteiger partial charge < -0.3 is 11.3 Å². The van der Waals surface area contributed by atoms with Crippen LogP contribution in [0.2, 0.25) is 0 Å². The molecule has 4 N–H and O–H groups in total. The van der Waals surface area contributed by atoms with Gasteiger partial charge in [0.2, 0.25) is 0 Å². The van der Waals surface area contributed by atoms with Crippen LogP contribution in [0.25, 0.3) is 0 Å². The number of carbonyl (C=O) groups is 1. The van der Waals surface area contributed by atoms with Crippen LogP contribution in [-0.4, -0.2) is 28.1 Å². The third-order valence-electron chi connectivity index (χ3n) is 2.20. The molecule has 0 heterocycles. The van der Waals surface area contributed by atoms with E-state index < -0.39 is 5.97 Å². The maximum absolute atomic E-state index is 10.2. The molecule has 1 aromatic carbocycles. The van der Waals surface area contributed by atoms with Gasteiger partial charge in [0.1, 0.15) is 0 Å². The number of hydrogen-bond donors (Lipinski definition) is 2. The van der Waals surface area contributed by atoms with Crippen LogP contribution in [-0.2, 0) is 11.2 Å². The molecule has 0 aliphatic heterocycles. The Morgan fingerprint density at radius 1 is 1.06 bits per heavy atom. The van der Waals surface area contributed by atoms with E-state index in [1.54, 1.807) is 0 Å². The van der Waals surface area contributed by atoms with Gasteiger partial charge in [-0.15, -0.1) is 0 Å². The fourth-order valence-corrected chi connectivity index (χ4v) is 1.43. The average molecular weight is 290 g/mol. The maximum atomic E-state index is 10.2. The molecule has 0 fully saturated rings. The zero-order chi connectivity index (χ0) is 10.2. The second-order valence-corrected chi connectivity index (χ2v) is 3.44. The molecule has 3 nitrogen and oxygen atoms in total. The quantitative estimate of drug-likeness (QED) is 0.622. The van der Waals surface area contributed by atoms with E-state index in [4.69, 9.17) is 5.11 Å². The molecule has 4 heteroatoms. The molecule has 1 aromatic rings. The molecule has 0 saturated heterocycles. The Labute approximate surface area is 107 Å². The first-order valence-corrected chi connectivity index (χ1v) is 5.05. The summed E-state index contributed by atoms with van der Waals surface area (Å²) in [5.41, 5.74) is 1.34. The fourth-order valence-electron chi connectivity index (χ4n) is 1.43. The Hall–Kier alpha value is -0.831. The monoisotopic (exact) mass is 291 g/mol. The number of aryl methyl sites for hydroxylation is 1. The topological polar surface area (TPSA) is 72.3 Å². The summed E-state index contributed by atoms with van der Waals surface area (Å²) in [6, 6.07) is 10.3. The fraction of sp³-hybridized carbons (Fsp3) is 0.417. The van der Waals surface area contributed by atoms with E-state index in [1.807, 2.05) is 18.2 Å². The first-order chi connectivity index (χ1) is 6.79. The second kappa shape index (κ2) is 10.7. The van der Waals surface area contributed by atoms with E-state index in [-0.39, 0.29) is 23.2 Å². The first-order valence-electron chi connectivity index (χ1n) is 5.05. The van der Waals surface area contributed by atoms with Crippen LogP contribution in [0.15, 0.2) is 30.3 Å². The minimum absolute atomic E-state index is 0. The first kappa shape index (κ1) is 17.6. The van der Waals surface area contributed by atoms with E-state index in [9.17, 15) is 4.79 Å². The van der Waals surface area contributed by atoms with Crippen LogP contribution in [0.5, 0.6) is 0 Å². The molecular weight excluding hydrogens is 269 g/mol. The molecule has 1 rings (SSSR count). The van der Waals surface area contributed by atoms with Crippen molar-refractivity contribution in [2.24, 2.45) is 0 Å². The molecule has 0 bridgehead atoms. The standard InChI is InChI=1S/C12H16O2.H3N.H2Se/c13-12(14)10-6-2-5-9-11-7-3-1-4-8-11;;/h1,3-4,7-8H,2,5-6,9-10H2,(H,13,14);1H3;1H2. The van der Waals surface area contributed by atoms with Crippen molar-refractivity contribution in [1.82, 2.24) is 6.15 Å². The van der Waals surface area contributed by atoms with Gasteiger partial charge in [0.25, 0.3) is 0 Å². The molecule has 0 atom stereocenters. The average Bonchev–Trinajstić information content (AvgIpc) is 2.18. The number of aliphatic carboxylic acids is 1. The molecule has 0 amide bonds. The zero-order valence-electron chi connectivity index (χ0n) is 9.48. The van der Waals surface area contributed by atoms with E-state index in [2.05, 4.69) is 12.1 Å². The number of carboxylic acid groups (broad SMARTS) is 1. The molecule has 0 aromatic heterocycles. The summed E-state index contributed by atoms with van der Waals surface area (Å²) in [7, 11) is 0. The van der Waals surface area contributed by atoms with Crippen LogP contribution in [0, 0.1) is 0 Å². The Bertz CT molecular complexity index is 278. The van der Waals surface area contributed by atoms with E-state index in [0.29, 0.717) is 6.42 Å². The van der Waals surface area contributed by atoms with Crippen LogP contribution >= 0.6 is 0 Å². The van der Waals surface area contributed by atoms with Gasteiger partial charge in [0.05, 0.1) is 0 Å². The van der Waals surface area contributed by atoms with Gasteiger partial charge in [0.15, 0.2) is 0 Å². The Morgan fingerprint density at radius 3 is 2.25 bits per heavy atom. The predicted molar refractivity (Wildman–Crippen MR) is 69.8 cm³/mol. The van der Waals surface area contributed by atoms with Crippen LogP contribution < -0.4 is 6.15 Å². The second-order valence-electron chi connectivity index (χ2n) is 3.44. The van der Waals surface area contributed by atoms with E-state index in [1.165, 1.54) is 5.56 Å². The van der Waals surface area contributed by atoms with Crippen molar-refractivity contribution >= 4 is 23.0 Å². The SMILES string of the molecule is N.O=C(O)CCCCCc1ccccc1.[SeH2]. The van der Waals surface area contributed by atoms with Gasteiger partial charge in [-0.3, -0.25) is 4.79 Å². The summed E-state index contributed by atoms with van der Waals surface area (Å²) in [5.74, 6) is -0.690. The van der Waals surface area contributed by atoms with Gasteiger partial charge in [0, 0.05) is 6.42 Å². The van der Waals surface area contributed by atoms with Crippen molar-refractivity contribution in [3.05, 3.63) is 35.9 Å². The third kappa shape index (κ3) is 8.48. The molecule has 0 spiro atoms. The van der Waals surface area contributed by atoms with Gasteiger partial charge in [-0.25, -0.2) is 0 Å². The Kier molecular flexibility index (Phi) is 11.7. The summed E-state index contributed by atoms with van der Waals surface area (Å²) >= 11 is 0. The van der Waals surface area contributed by atoms with Crippen molar-refractivity contribution in [2.75, 3.05) is 0 Å². The Morgan fingerprint density at radius 2 is 1.69 bits per heavy atom. The summed E-state index contributed by atoms with van der Waals surface area (Å²) in [4.78, 5) is 10.2. The van der Waals surface area contributed by atoms with Gasteiger partial charge in [-0.05, 0) is 24.8 Å². The van der Waals surface area contributed by atoms with Crippen molar-refractivity contribution in [3.63, 3.8) is 0 Å². The zero-order valence-corrected chi connectivity index (χ0v) is 11.6. The van der Waals surface area contributed by atoms with Crippen molar-refractivity contribution in [1.29, 1.82) is 0 Å². The molecule has 0 aliphatic carbocycles. The minimum atomic E-state index is -0.690. The van der Waals surface area contributed by atoms with Crippen molar-refractivity contribution in [3.8, 4) is 0 Å². The number of unbranched alkanes of at least 4 members (excludes halogenated alkanes) is 2. The molecular formula is C12H21NO2Se. The molecule has 0 radical (unpaired) electrons. The Balaban J connectivity index is 0. The molecule has 16 heavy (non-hydrogen) atoms. The van der Waals surface area contributed by atoms with E-state index >= 15 is 0 Å². The number of hydrogen-bond acceptors (Lipinski definition) is 2. The van der Waals surface area contributed by atoms with Crippen molar-refractivity contribution in [2.45, 2.75) is 32.1 Å². The summed E-state index contributed by atoms with van der Waals surface area (Å²) in [6.07, 6.45) is 4.23. The van der Waals surface area contributed by atoms with Crippen LogP contribution in [0.4, 0.5) is 0 Å². The van der Waals surface area contributed by atoms with Crippen LogP contribution in [0.3, 0.4) is 0 Å². The van der Waals surface area contributed by atoms with Gasteiger partial charge in [-0.2, -0.15) is 0 Å². The molecule has 0 saturated carbocycles. The summed E-state index contributed by atoms with van der Waals surface area (Å²) in [5, 5.41) is 8.43. The van der Waals surface area contributed by atoms with Crippen molar-refractivity contribution < 1.29 is 9.90 Å². The molecule has 92 valence electrons. The van der Waals surface area contributed by atoms with Crippen LogP contribution in [0.1, 0.15) is 31.2 Å². The van der Waals surface area contributed by atoms with E-state index in [0.717, 1.165) is 25.7 Å². The normalized spacial score (nSPS) is 8.75. The van der Waals surface area contributed by atoms with Gasteiger partial charge in [-0.1, -0.05) is 36.8 Å². The number of benzene rings is 1. The number of rotatable bonds is 6.